The molecular formula is C53H52GeIrN4O-2. The second-order valence-electron chi connectivity index (χ2n) is 17.4. The molecular weight excluding hydrogens is 973 g/mol. The summed E-state index contributed by atoms with van der Waals surface area (Å²) in [5, 5.41) is 2.01. The molecule has 0 saturated carbocycles. The van der Waals surface area contributed by atoms with Gasteiger partial charge in [-0.25, -0.2) is 4.98 Å². The number of imidazole rings is 1. The Hall–Kier alpha value is -5.14. The monoisotopic (exact) mass is 1030 g/mol. The van der Waals surface area contributed by atoms with E-state index >= 15 is 0 Å². The number of fused-ring (bicyclic) bond motifs is 4. The second kappa shape index (κ2) is 17.1. The van der Waals surface area contributed by atoms with Crippen molar-refractivity contribution >= 4 is 50.8 Å². The topological polar surface area (TPSA) is 56.7 Å². The minimum absolute atomic E-state index is 0. The summed E-state index contributed by atoms with van der Waals surface area (Å²) >= 11 is -2.14. The number of para-hydroxylation sites is 3. The van der Waals surface area contributed by atoms with Crippen LogP contribution in [-0.2, 0) is 25.5 Å². The van der Waals surface area contributed by atoms with Gasteiger partial charge in [-0.1, -0.05) is 92.4 Å². The first-order valence-electron chi connectivity index (χ1n) is 22.1. The van der Waals surface area contributed by atoms with Gasteiger partial charge in [-0.15, -0.1) is 18.2 Å². The Labute approximate surface area is 376 Å². The third-order valence-electron chi connectivity index (χ3n) is 10.7. The van der Waals surface area contributed by atoms with Gasteiger partial charge in [0.2, 0.25) is 5.71 Å². The number of furan rings is 1. The van der Waals surface area contributed by atoms with Gasteiger partial charge in [0.05, 0.1) is 28.1 Å². The summed E-state index contributed by atoms with van der Waals surface area (Å²) in [6, 6.07) is 46.9. The maximum atomic E-state index is 8.49. The Kier molecular flexibility index (Phi) is 10.8. The normalized spacial score (nSPS) is 13.2. The van der Waals surface area contributed by atoms with Crippen molar-refractivity contribution in [2.75, 3.05) is 0 Å². The first-order valence-corrected chi connectivity index (χ1v) is 27.5. The summed E-state index contributed by atoms with van der Waals surface area (Å²) in [4.78, 5) is 14.4. The maximum absolute atomic E-state index is 8.49. The van der Waals surface area contributed by atoms with Gasteiger partial charge in [0.15, 0.2) is 0 Å². The zero-order chi connectivity index (χ0) is 45.1. The molecule has 0 aliphatic rings. The van der Waals surface area contributed by atoms with Crippen LogP contribution in [0.3, 0.4) is 0 Å². The molecule has 0 spiro atoms. The molecule has 9 aromatic rings. The van der Waals surface area contributed by atoms with Crippen LogP contribution >= 0.6 is 0 Å². The van der Waals surface area contributed by atoms with Crippen LogP contribution in [0.4, 0.5) is 0 Å². The van der Waals surface area contributed by atoms with E-state index in [2.05, 4.69) is 138 Å². The standard InChI is InChI=1S/C35H28N3O.C18H24GeN.Ir/c1-22-20-21-26-25-15-10-16-27(32(25)39-34(26)36-22)33-37-29-18-8-9-19-30(29)38(33)31-24(23-12-6-5-7-13-23)14-11-17-28(31)35(2,3)4;1-13(2)16-11-18(15-9-7-14(3)8-10-15)20-12-17(16)19(4,5)6;/h5-15,17-21H,1-4H3;7-9,11-13H,1-6H3;/q2*-1;/i;3D3,13D;. The third kappa shape index (κ3) is 8.43. The SMILES string of the molecule is Cc1ccc2c(n1)oc1c(-c3nc4ccccc4n3-c3c(-c4ccccc4)cccc3C(C)(C)C)[c-]ccc12.[2H]C([2H])([2H])c1c[c-]c(-c2cc(C([2H])(C)C)[c]([Ge]([CH3])([CH3])[CH3])cn2)cc1.[Ir]. The molecule has 0 unspecified atom stereocenters. The van der Waals surface area contributed by atoms with E-state index in [9.17, 15) is 0 Å². The van der Waals surface area contributed by atoms with E-state index < -0.39 is 26.0 Å². The fraction of sp³-hybridized carbons (Fsp3) is 0.226. The van der Waals surface area contributed by atoms with Gasteiger partial charge >= 0.3 is 131 Å². The molecule has 0 saturated heterocycles. The number of hydrogen-bond donors (Lipinski definition) is 0. The quantitative estimate of drug-likeness (QED) is 0.123. The molecule has 7 heteroatoms. The number of aromatic nitrogens is 4. The van der Waals surface area contributed by atoms with Crippen molar-refractivity contribution in [3.63, 3.8) is 0 Å². The van der Waals surface area contributed by atoms with Crippen molar-refractivity contribution < 1.29 is 30.0 Å². The smallest absolute Gasteiger partial charge is 0 e. The van der Waals surface area contributed by atoms with Crippen molar-refractivity contribution in [1.82, 2.24) is 19.5 Å². The molecule has 0 N–H and O–H groups in total. The average molecular weight is 1030 g/mol. The molecule has 4 heterocycles. The first-order chi connectivity index (χ1) is 29.7. The van der Waals surface area contributed by atoms with E-state index in [1.165, 1.54) is 16.0 Å². The Morgan fingerprint density at radius 3 is 2.30 bits per heavy atom. The fourth-order valence-electron chi connectivity index (χ4n) is 7.74. The molecule has 0 aliphatic heterocycles. The van der Waals surface area contributed by atoms with Crippen LogP contribution in [0.5, 0.6) is 0 Å². The summed E-state index contributed by atoms with van der Waals surface area (Å²) in [5.74, 6) is 6.98. The van der Waals surface area contributed by atoms with Crippen LogP contribution in [0.15, 0.2) is 132 Å². The Balaban J connectivity index is 0.000000212. The van der Waals surface area contributed by atoms with Crippen LogP contribution in [0.25, 0.3) is 72.6 Å². The zero-order valence-electron chi connectivity index (χ0n) is 39.7. The van der Waals surface area contributed by atoms with Gasteiger partial charge in [-0.2, -0.15) is 0 Å². The van der Waals surface area contributed by atoms with E-state index in [1.807, 2.05) is 57.3 Å². The largest absolute Gasteiger partial charge is 0 e. The zero-order valence-corrected chi connectivity index (χ0v) is 40.1. The van der Waals surface area contributed by atoms with Crippen LogP contribution in [-0.4, -0.2) is 32.8 Å². The molecule has 0 fully saturated rings. The van der Waals surface area contributed by atoms with Crippen molar-refractivity contribution in [3.05, 3.63) is 162 Å². The third-order valence-corrected chi connectivity index (χ3v) is 14.9. The molecule has 0 atom stereocenters. The minimum Gasteiger partial charge on any atom is 0 e. The first kappa shape index (κ1) is 37.8. The van der Waals surface area contributed by atoms with E-state index in [1.54, 1.807) is 12.1 Å². The number of hydrogen-bond acceptors (Lipinski definition) is 4. The molecule has 5 nitrogen and oxygen atoms in total. The van der Waals surface area contributed by atoms with Gasteiger partial charge in [-0.05, 0) is 47.7 Å². The van der Waals surface area contributed by atoms with E-state index in [0.29, 0.717) is 5.71 Å². The van der Waals surface area contributed by atoms with Gasteiger partial charge < -0.3 is 8.98 Å². The van der Waals surface area contributed by atoms with Crippen molar-refractivity contribution in [1.29, 1.82) is 0 Å². The van der Waals surface area contributed by atoms with Crippen LogP contribution in [0, 0.1) is 25.9 Å². The Morgan fingerprint density at radius 1 is 0.833 bits per heavy atom. The molecule has 0 aliphatic carbocycles. The van der Waals surface area contributed by atoms with Crippen molar-refractivity contribution in [3.8, 4) is 39.5 Å². The second-order valence-corrected chi connectivity index (χ2v) is 28.0. The van der Waals surface area contributed by atoms with Gasteiger partial charge in [-0.3, -0.25) is 4.98 Å². The predicted octanol–water partition coefficient (Wildman–Crippen LogP) is 13.6. The number of aryl methyl sites for hydroxylation is 2. The fourth-order valence-corrected chi connectivity index (χ4v) is 11.1. The number of pyridine rings is 2. The van der Waals surface area contributed by atoms with Gasteiger partial charge in [0.25, 0.3) is 0 Å². The number of rotatable bonds is 6. The van der Waals surface area contributed by atoms with Gasteiger partial charge in [0.1, 0.15) is 0 Å². The van der Waals surface area contributed by atoms with Crippen molar-refractivity contribution in [2.24, 2.45) is 0 Å². The Morgan fingerprint density at radius 2 is 1.60 bits per heavy atom. The van der Waals surface area contributed by atoms with Crippen LogP contribution in [0.2, 0.25) is 17.3 Å². The van der Waals surface area contributed by atoms with Crippen LogP contribution < -0.4 is 4.40 Å². The van der Waals surface area contributed by atoms with Crippen molar-refractivity contribution in [2.45, 2.75) is 77.0 Å². The Bertz CT molecular complexity index is 3120. The molecule has 305 valence electrons. The molecule has 60 heavy (non-hydrogen) atoms. The summed E-state index contributed by atoms with van der Waals surface area (Å²) in [6.07, 6.45) is 1.91. The molecule has 5 aromatic carbocycles. The molecule has 1 radical (unpaired) electrons. The van der Waals surface area contributed by atoms with E-state index in [-0.39, 0.29) is 31.1 Å². The summed E-state index contributed by atoms with van der Waals surface area (Å²) in [7, 11) is 0. The minimum atomic E-state index is -2.14. The maximum Gasteiger partial charge on any atom is 0 e. The molecule has 0 bridgehead atoms. The van der Waals surface area contributed by atoms with E-state index in [0.717, 1.165) is 78.1 Å². The van der Waals surface area contributed by atoms with E-state index in [4.69, 9.17) is 14.9 Å². The van der Waals surface area contributed by atoms with Gasteiger partial charge in [0, 0.05) is 36.7 Å². The molecule has 4 aromatic heterocycles. The van der Waals surface area contributed by atoms with Crippen LogP contribution in [0.1, 0.15) is 68.4 Å². The summed E-state index contributed by atoms with van der Waals surface area (Å²) in [6.45, 7) is 10.4. The number of nitrogens with zero attached hydrogens (tertiary/aromatic N) is 4. The summed E-state index contributed by atoms with van der Waals surface area (Å²) in [5.41, 5.74) is 12.4. The molecule has 0 amide bonds. The number of benzene rings is 5. The molecule has 9 rings (SSSR count). The predicted molar refractivity (Wildman–Crippen MR) is 250 cm³/mol. The summed E-state index contributed by atoms with van der Waals surface area (Å²) < 4.78 is 40.8. The average Bonchev–Trinajstić information content (AvgIpc) is 3.81.